The summed E-state index contributed by atoms with van der Waals surface area (Å²) in [4.78, 5) is 15.0. The van der Waals surface area contributed by atoms with E-state index in [4.69, 9.17) is 9.84 Å². The van der Waals surface area contributed by atoms with E-state index < -0.39 is 5.97 Å². The Morgan fingerprint density at radius 2 is 2.29 bits per heavy atom. The van der Waals surface area contributed by atoms with E-state index in [-0.39, 0.29) is 6.42 Å². The Kier molecular flexibility index (Phi) is 4.50. The quantitative estimate of drug-likeness (QED) is 0.878. The number of carbonyl (C=O) groups is 1. The lowest BCUT2D eigenvalue weighted by molar-refractivity contribution is -0.137. The molecule has 1 fully saturated rings. The van der Waals surface area contributed by atoms with Crippen molar-refractivity contribution in [2.24, 2.45) is 0 Å². The summed E-state index contributed by atoms with van der Waals surface area (Å²) >= 11 is 1.65. The number of aromatic nitrogens is 1. The summed E-state index contributed by atoms with van der Waals surface area (Å²) in [6.07, 6.45) is 3.79. The van der Waals surface area contributed by atoms with Crippen LogP contribution in [0.2, 0.25) is 0 Å². The van der Waals surface area contributed by atoms with Gasteiger partial charge in [-0.15, -0.1) is 11.3 Å². The first-order chi connectivity index (χ1) is 8.25. The molecular formula is C12H17NO3S. The number of hydrogen-bond acceptors (Lipinski definition) is 4. The topological polar surface area (TPSA) is 59.4 Å². The Hall–Kier alpha value is -0.940. The number of carboxylic acid groups (broad SMARTS) is 1. The lowest BCUT2D eigenvalue weighted by atomic mass is 9.97. The predicted molar refractivity (Wildman–Crippen MR) is 65.5 cm³/mol. The molecule has 0 amide bonds. The number of hydrogen-bond donors (Lipinski definition) is 1. The van der Waals surface area contributed by atoms with E-state index in [0.717, 1.165) is 37.5 Å². The first kappa shape index (κ1) is 12.5. The SMILES string of the molecule is O=C(O)CCCc1nc(C2CCOCC2)cs1. The summed E-state index contributed by atoms with van der Waals surface area (Å²) in [5, 5.41) is 11.7. The zero-order valence-corrected chi connectivity index (χ0v) is 10.5. The second kappa shape index (κ2) is 6.12. The molecule has 0 aromatic carbocycles. The summed E-state index contributed by atoms with van der Waals surface area (Å²) in [7, 11) is 0. The van der Waals surface area contributed by atoms with Gasteiger partial charge in [0.2, 0.25) is 0 Å². The Morgan fingerprint density at radius 1 is 1.53 bits per heavy atom. The molecule has 0 atom stereocenters. The van der Waals surface area contributed by atoms with Crippen molar-refractivity contribution in [1.82, 2.24) is 4.98 Å². The number of aryl methyl sites for hydroxylation is 1. The lowest BCUT2D eigenvalue weighted by Gasteiger charge is -2.19. The van der Waals surface area contributed by atoms with Crippen molar-refractivity contribution in [3.8, 4) is 0 Å². The molecule has 0 spiro atoms. The molecule has 1 saturated heterocycles. The predicted octanol–water partition coefficient (Wildman–Crippen LogP) is 2.44. The molecule has 0 radical (unpaired) electrons. The third-order valence-electron chi connectivity index (χ3n) is 2.99. The van der Waals surface area contributed by atoms with Gasteiger partial charge in [-0.3, -0.25) is 4.79 Å². The van der Waals surface area contributed by atoms with E-state index >= 15 is 0 Å². The minimum atomic E-state index is -0.730. The Balaban J connectivity index is 1.84. The van der Waals surface area contributed by atoms with Crippen LogP contribution in [0.15, 0.2) is 5.38 Å². The van der Waals surface area contributed by atoms with E-state index in [1.807, 2.05) is 0 Å². The van der Waals surface area contributed by atoms with Gasteiger partial charge in [-0.1, -0.05) is 0 Å². The Morgan fingerprint density at radius 3 is 3.00 bits per heavy atom. The van der Waals surface area contributed by atoms with Gasteiger partial charge in [-0.2, -0.15) is 0 Å². The van der Waals surface area contributed by atoms with Crippen LogP contribution in [0, 0.1) is 0 Å². The van der Waals surface area contributed by atoms with Gasteiger partial charge in [0.25, 0.3) is 0 Å². The molecule has 1 aliphatic rings. The van der Waals surface area contributed by atoms with Gasteiger partial charge in [-0.25, -0.2) is 4.98 Å². The summed E-state index contributed by atoms with van der Waals surface area (Å²) < 4.78 is 5.33. The van der Waals surface area contributed by atoms with Gasteiger partial charge in [0.05, 0.1) is 10.7 Å². The Labute approximate surface area is 105 Å². The summed E-state index contributed by atoms with van der Waals surface area (Å²) in [5.74, 6) is -0.195. The van der Waals surface area contributed by atoms with Crippen molar-refractivity contribution >= 4 is 17.3 Å². The minimum absolute atomic E-state index is 0.228. The van der Waals surface area contributed by atoms with Crippen LogP contribution in [0.5, 0.6) is 0 Å². The molecule has 2 rings (SSSR count). The molecule has 1 aliphatic heterocycles. The van der Waals surface area contributed by atoms with Crippen molar-refractivity contribution < 1.29 is 14.6 Å². The molecule has 1 aromatic rings. The standard InChI is InChI=1S/C12H17NO3S/c14-12(15)3-1-2-11-13-10(8-17-11)9-4-6-16-7-5-9/h8-9H,1-7H2,(H,14,15). The number of rotatable bonds is 5. The average Bonchev–Trinajstić information content (AvgIpc) is 2.78. The van der Waals surface area contributed by atoms with E-state index in [2.05, 4.69) is 10.4 Å². The maximum Gasteiger partial charge on any atom is 0.303 e. The fraction of sp³-hybridized carbons (Fsp3) is 0.667. The molecule has 94 valence electrons. The second-order valence-electron chi connectivity index (χ2n) is 4.30. The van der Waals surface area contributed by atoms with Gasteiger partial charge in [0, 0.05) is 30.9 Å². The number of carboxylic acids is 1. The van der Waals surface area contributed by atoms with Crippen molar-refractivity contribution in [3.05, 3.63) is 16.1 Å². The zero-order chi connectivity index (χ0) is 12.1. The van der Waals surface area contributed by atoms with Crippen molar-refractivity contribution in [2.45, 2.75) is 38.0 Å². The molecule has 1 N–H and O–H groups in total. The molecule has 0 aliphatic carbocycles. The van der Waals surface area contributed by atoms with Crippen LogP contribution in [-0.2, 0) is 16.0 Å². The fourth-order valence-electron chi connectivity index (χ4n) is 2.01. The maximum atomic E-state index is 10.4. The fourth-order valence-corrected chi connectivity index (χ4v) is 2.93. The van der Waals surface area contributed by atoms with E-state index in [1.54, 1.807) is 11.3 Å². The molecule has 5 heteroatoms. The maximum absolute atomic E-state index is 10.4. The van der Waals surface area contributed by atoms with Crippen LogP contribution in [-0.4, -0.2) is 29.3 Å². The number of nitrogens with zero attached hydrogens (tertiary/aromatic N) is 1. The first-order valence-corrected chi connectivity index (χ1v) is 6.87. The van der Waals surface area contributed by atoms with Gasteiger partial charge in [0.1, 0.15) is 0 Å². The van der Waals surface area contributed by atoms with Crippen molar-refractivity contribution in [1.29, 1.82) is 0 Å². The largest absolute Gasteiger partial charge is 0.481 e. The van der Waals surface area contributed by atoms with E-state index in [9.17, 15) is 4.79 Å². The van der Waals surface area contributed by atoms with E-state index in [1.165, 1.54) is 5.69 Å². The van der Waals surface area contributed by atoms with Crippen LogP contribution < -0.4 is 0 Å². The zero-order valence-electron chi connectivity index (χ0n) is 9.72. The molecule has 0 unspecified atom stereocenters. The van der Waals surface area contributed by atoms with Crippen molar-refractivity contribution in [3.63, 3.8) is 0 Å². The number of thiazole rings is 1. The Bertz CT molecular complexity index is 372. The van der Waals surface area contributed by atoms with Crippen LogP contribution in [0.4, 0.5) is 0 Å². The molecule has 0 saturated carbocycles. The van der Waals surface area contributed by atoms with Crippen LogP contribution >= 0.6 is 11.3 Å². The highest BCUT2D eigenvalue weighted by Crippen LogP contribution is 2.28. The summed E-state index contributed by atoms with van der Waals surface area (Å²) in [5.41, 5.74) is 1.17. The van der Waals surface area contributed by atoms with Gasteiger partial charge < -0.3 is 9.84 Å². The monoisotopic (exact) mass is 255 g/mol. The average molecular weight is 255 g/mol. The van der Waals surface area contributed by atoms with Crippen molar-refractivity contribution in [2.75, 3.05) is 13.2 Å². The lowest BCUT2D eigenvalue weighted by Crippen LogP contribution is -2.14. The van der Waals surface area contributed by atoms with Gasteiger partial charge in [0.15, 0.2) is 0 Å². The summed E-state index contributed by atoms with van der Waals surface area (Å²) in [6.45, 7) is 1.66. The minimum Gasteiger partial charge on any atom is -0.481 e. The smallest absolute Gasteiger partial charge is 0.303 e. The van der Waals surface area contributed by atoms with E-state index in [0.29, 0.717) is 12.3 Å². The van der Waals surface area contributed by atoms with Crippen LogP contribution in [0.25, 0.3) is 0 Å². The molecule has 17 heavy (non-hydrogen) atoms. The molecule has 4 nitrogen and oxygen atoms in total. The third kappa shape index (κ3) is 3.78. The molecular weight excluding hydrogens is 238 g/mol. The normalized spacial score (nSPS) is 17.2. The number of ether oxygens (including phenoxy) is 1. The highest BCUT2D eigenvalue weighted by Gasteiger charge is 2.18. The second-order valence-corrected chi connectivity index (χ2v) is 5.24. The van der Waals surface area contributed by atoms with Crippen LogP contribution in [0.3, 0.4) is 0 Å². The van der Waals surface area contributed by atoms with Gasteiger partial charge in [-0.05, 0) is 25.7 Å². The summed E-state index contributed by atoms with van der Waals surface area (Å²) in [6, 6.07) is 0. The third-order valence-corrected chi connectivity index (χ3v) is 3.92. The highest BCUT2D eigenvalue weighted by atomic mass is 32.1. The highest BCUT2D eigenvalue weighted by molar-refractivity contribution is 7.09. The van der Waals surface area contributed by atoms with Gasteiger partial charge >= 0.3 is 5.97 Å². The molecule has 2 heterocycles. The molecule has 0 bridgehead atoms. The molecule has 1 aromatic heterocycles. The van der Waals surface area contributed by atoms with Crippen LogP contribution in [0.1, 0.15) is 42.3 Å². The first-order valence-electron chi connectivity index (χ1n) is 5.99. The number of aliphatic carboxylic acids is 1.